The molecule has 5 nitrogen and oxygen atoms in total. The molecule has 1 aliphatic carbocycles. The number of halogens is 1. The van der Waals surface area contributed by atoms with Crippen molar-refractivity contribution in [2.75, 3.05) is 5.75 Å². The number of nitrogens with one attached hydrogen (secondary N) is 2. The van der Waals surface area contributed by atoms with Gasteiger partial charge in [0.05, 0.1) is 10.6 Å². The van der Waals surface area contributed by atoms with Crippen molar-refractivity contribution in [3.05, 3.63) is 34.3 Å². The number of hydrogen-bond acceptors (Lipinski definition) is 5. The zero-order valence-corrected chi connectivity index (χ0v) is 13.5. The van der Waals surface area contributed by atoms with Gasteiger partial charge in [-0.15, -0.1) is 0 Å². The van der Waals surface area contributed by atoms with E-state index in [-0.39, 0.29) is 17.5 Å². The molecule has 1 aromatic carbocycles. The fourth-order valence-electron chi connectivity index (χ4n) is 1.95. The van der Waals surface area contributed by atoms with Crippen LogP contribution in [-0.2, 0) is 9.53 Å². The van der Waals surface area contributed by atoms with E-state index in [0.717, 1.165) is 30.2 Å². The van der Waals surface area contributed by atoms with Gasteiger partial charge >= 0.3 is 5.97 Å². The zero-order chi connectivity index (χ0) is 16.1. The Hall–Kier alpha value is -1.53. The van der Waals surface area contributed by atoms with E-state index in [0.29, 0.717) is 28.7 Å². The summed E-state index contributed by atoms with van der Waals surface area (Å²) in [7, 11) is 0. The highest BCUT2D eigenvalue weighted by Gasteiger charge is 2.24. The minimum atomic E-state index is -0.857. The van der Waals surface area contributed by atoms with E-state index in [1.807, 2.05) is 12.1 Å². The molecule has 0 atom stereocenters. The Labute approximate surface area is 138 Å². The molecule has 0 bridgehead atoms. The lowest BCUT2D eigenvalue weighted by atomic mass is 10.1. The minimum Gasteiger partial charge on any atom is -0.481 e. The molecule has 0 heterocycles. The lowest BCUT2D eigenvalue weighted by Crippen LogP contribution is -2.11. The average Bonchev–Trinajstić information content (AvgIpc) is 3.28. The van der Waals surface area contributed by atoms with Crippen LogP contribution in [0.25, 0.3) is 0 Å². The fraction of sp³-hybridized carbons (Fsp3) is 0.400. The summed E-state index contributed by atoms with van der Waals surface area (Å²) in [6.45, 7) is 0. The predicted molar refractivity (Wildman–Crippen MR) is 88.4 cm³/mol. The molecule has 0 saturated heterocycles. The van der Waals surface area contributed by atoms with Crippen LogP contribution < -0.4 is 0 Å². The molecule has 1 fully saturated rings. The summed E-state index contributed by atoms with van der Waals surface area (Å²) in [5.74, 6) is 0.00945. The summed E-state index contributed by atoms with van der Waals surface area (Å²) < 4.78 is 5.18. The third kappa shape index (κ3) is 5.03. The van der Waals surface area contributed by atoms with Gasteiger partial charge in [0, 0.05) is 12.2 Å². The van der Waals surface area contributed by atoms with Gasteiger partial charge in [-0.25, -0.2) is 0 Å². The molecule has 22 heavy (non-hydrogen) atoms. The Morgan fingerprint density at radius 2 is 2.14 bits per heavy atom. The number of carboxylic acids is 1. The van der Waals surface area contributed by atoms with Crippen LogP contribution >= 0.6 is 23.4 Å². The van der Waals surface area contributed by atoms with E-state index >= 15 is 0 Å². The van der Waals surface area contributed by atoms with Crippen molar-refractivity contribution in [1.29, 1.82) is 10.8 Å². The maximum absolute atomic E-state index is 10.4. The summed E-state index contributed by atoms with van der Waals surface area (Å²) in [6, 6.07) is 5.57. The first-order chi connectivity index (χ1) is 10.5. The number of thioether (sulfide) groups is 1. The first kappa shape index (κ1) is 16.8. The highest BCUT2D eigenvalue weighted by molar-refractivity contribution is 8.13. The van der Waals surface area contributed by atoms with E-state index < -0.39 is 5.97 Å². The highest BCUT2D eigenvalue weighted by atomic mass is 35.5. The van der Waals surface area contributed by atoms with Crippen LogP contribution in [0, 0.1) is 10.8 Å². The third-order valence-electron chi connectivity index (χ3n) is 3.25. The molecule has 7 heteroatoms. The van der Waals surface area contributed by atoms with Gasteiger partial charge in [0.2, 0.25) is 11.1 Å². The number of ether oxygens (including phenoxy) is 1. The first-order valence-corrected chi connectivity index (χ1v) is 8.33. The van der Waals surface area contributed by atoms with Crippen molar-refractivity contribution in [3.8, 4) is 0 Å². The second-order valence-electron chi connectivity index (χ2n) is 5.08. The van der Waals surface area contributed by atoms with E-state index in [1.54, 1.807) is 6.07 Å². The summed E-state index contributed by atoms with van der Waals surface area (Å²) in [5.41, 5.74) is 1.63. The normalized spacial score (nSPS) is 13.7. The van der Waals surface area contributed by atoms with Crippen LogP contribution in [0.15, 0.2) is 18.2 Å². The van der Waals surface area contributed by atoms with Crippen LogP contribution in [-0.4, -0.2) is 28.0 Å². The first-order valence-electron chi connectivity index (χ1n) is 6.96. The third-order valence-corrected chi connectivity index (χ3v) is 4.41. The standard InChI is InChI=1S/C15H17ClN2O3S/c16-12-6-5-10(9-3-4-9)8-11(12)14(17)21-15(18)22-7-1-2-13(19)20/h5-6,8-9,17-18H,1-4,7H2,(H,19,20). The Kier molecular flexibility index (Phi) is 5.85. The van der Waals surface area contributed by atoms with Crippen molar-refractivity contribution in [2.45, 2.75) is 31.6 Å². The van der Waals surface area contributed by atoms with E-state index in [9.17, 15) is 4.79 Å². The summed E-state index contributed by atoms with van der Waals surface area (Å²) in [4.78, 5) is 10.4. The molecule has 1 aliphatic rings. The zero-order valence-electron chi connectivity index (χ0n) is 11.9. The number of rotatable bonds is 6. The van der Waals surface area contributed by atoms with Crippen LogP contribution in [0.1, 0.15) is 42.7 Å². The lowest BCUT2D eigenvalue weighted by Gasteiger charge is -2.10. The molecule has 0 amide bonds. The van der Waals surface area contributed by atoms with Crippen molar-refractivity contribution in [2.24, 2.45) is 0 Å². The smallest absolute Gasteiger partial charge is 0.303 e. The largest absolute Gasteiger partial charge is 0.481 e. The van der Waals surface area contributed by atoms with Gasteiger partial charge in [0.1, 0.15) is 0 Å². The molecule has 0 aliphatic heterocycles. The van der Waals surface area contributed by atoms with Gasteiger partial charge in [-0.2, -0.15) is 0 Å². The van der Waals surface area contributed by atoms with Crippen molar-refractivity contribution in [3.63, 3.8) is 0 Å². The fourth-order valence-corrected chi connectivity index (χ4v) is 2.77. The number of benzene rings is 1. The molecule has 1 aromatic rings. The highest BCUT2D eigenvalue weighted by Crippen LogP contribution is 2.41. The minimum absolute atomic E-state index is 0.0625. The van der Waals surface area contributed by atoms with Crippen LogP contribution in [0.4, 0.5) is 0 Å². The predicted octanol–water partition coefficient (Wildman–Crippen LogP) is 4.09. The number of carbonyl (C=O) groups is 1. The molecular formula is C15H17ClN2O3S. The quantitative estimate of drug-likeness (QED) is 0.413. The van der Waals surface area contributed by atoms with Gasteiger partial charge < -0.3 is 9.84 Å². The van der Waals surface area contributed by atoms with Gasteiger partial charge in [-0.05, 0) is 42.9 Å². The molecule has 118 valence electrons. The van der Waals surface area contributed by atoms with Crippen LogP contribution in [0.5, 0.6) is 0 Å². The number of aliphatic carboxylic acids is 1. The summed E-state index contributed by atoms with van der Waals surface area (Å²) >= 11 is 7.18. The topological polar surface area (TPSA) is 94.2 Å². The van der Waals surface area contributed by atoms with Gasteiger partial charge in [-0.1, -0.05) is 29.4 Å². The average molecular weight is 341 g/mol. The lowest BCUT2D eigenvalue weighted by molar-refractivity contribution is -0.137. The molecule has 0 aromatic heterocycles. The molecule has 2 rings (SSSR count). The van der Waals surface area contributed by atoms with E-state index in [2.05, 4.69) is 0 Å². The summed E-state index contributed by atoms with van der Waals surface area (Å²) in [5, 5.41) is 24.5. The maximum Gasteiger partial charge on any atom is 0.303 e. The maximum atomic E-state index is 10.4. The monoisotopic (exact) mass is 340 g/mol. The van der Waals surface area contributed by atoms with Gasteiger partial charge in [-0.3, -0.25) is 15.6 Å². The molecule has 0 unspecified atom stereocenters. The Morgan fingerprint density at radius 3 is 2.77 bits per heavy atom. The van der Waals surface area contributed by atoms with E-state index in [1.165, 1.54) is 0 Å². The van der Waals surface area contributed by atoms with Crippen molar-refractivity contribution in [1.82, 2.24) is 0 Å². The molecule has 0 spiro atoms. The van der Waals surface area contributed by atoms with Gasteiger partial charge in [0.25, 0.3) is 0 Å². The Bertz CT molecular complexity index is 602. The molecule has 0 radical (unpaired) electrons. The van der Waals surface area contributed by atoms with E-state index in [4.69, 9.17) is 32.3 Å². The number of hydrogen-bond donors (Lipinski definition) is 3. The Morgan fingerprint density at radius 1 is 1.41 bits per heavy atom. The van der Waals surface area contributed by atoms with Crippen LogP contribution in [0.3, 0.4) is 0 Å². The second-order valence-corrected chi connectivity index (χ2v) is 6.55. The Balaban J connectivity index is 1.87. The van der Waals surface area contributed by atoms with Crippen molar-refractivity contribution >= 4 is 40.5 Å². The second kappa shape index (κ2) is 7.65. The van der Waals surface area contributed by atoms with Crippen LogP contribution in [0.2, 0.25) is 5.02 Å². The molecular weight excluding hydrogens is 324 g/mol. The molecule has 3 N–H and O–H groups in total. The summed E-state index contributed by atoms with van der Waals surface area (Å²) in [6.07, 6.45) is 2.83. The molecule has 1 saturated carbocycles. The number of carboxylic acid groups (broad SMARTS) is 1. The SMILES string of the molecule is N=C(OC(=N)c1cc(C2CC2)ccc1Cl)SCCCC(=O)O. The van der Waals surface area contributed by atoms with Gasteiger partial charge in [0.15, 0.2) is 0 Å². The van der Waals surface area contributed by atoms with Crippen molar-refractivity contribution < 1.29 is 14.6 Å².